The van der Waals surface area contributed by atoms with Crippen LogP contribution in [-0.2, 0) is 0 Å². The molecule has 0 unspecified atom stereocenters. The van der Waals surface area contributed by atoms with E-state index in [1.807, 2.05) is 47.7 Å². The van der Waals surface area contributed by atoms with Crippen LogP contribution in [0.4, 0.5) is 0 Å². The highest BCUT2D eigenvalue weighted by Crippen LogP contribution is 2.39. The molecule has 8 aromatic carbocycles. The molecule has 4 heterocycles. The molecule has 0 aliphatic carbocycles. The number of furan rings is 2. The molecular formula is C51H29N3O2S. The molecule has 0 radical (unpaired) electrons. The molecule has 0 spiro atoms. The van der Waals surface area contributed by atoms with Gasteiger partial charge >= 0.3 is 0 Å². The second kappa shape index (κ2) is 12.6. The highest BCUT2D eigenvalue weighted by molar-refractivity contribution is 7.25. The van der Waals surface area contributed by atoms with Gasteiger partial charge in [-0.3, -0.25) is 0 Å². The molecule has 4 aromatic heterocycles. The van der Waals surface area contributed by atoms with Crippen molar-refractivity contribution in [1.82, 2.24) is 15.0 Å². The van der Waals surface area contributed by atoms with Gasteiger partial charge in [0.15, 0.2) is 17.5 Å². The number of rotatable bonds is 5. The standard InChI is InChI=1S/C51H29N3O2S/c1-2-9-30(10-3-1)32-19-23-44-41(26-32)39-22-18-36(29-46(39)56-44)51-53-49(52-50(54-51)35-17-21-38-37-13-4-6-15-43(37)55-45(38)28-35)34-12-8-11-31(25-34)33-20-24-48-42(27-33)40-14-5-7-16-47(40)57-48/h1-29H. The highest BCUT2D eigenvalue weighted by Gasteiger charge is 2.17. The fourth-order valence-corrected chi connectivity index (χ4v) is 9.18. The second-order valence-corrected chi connectivity index (χ2v) is 15.5. The van der Waals surface area contributed by atoms with E-state index in [-0.39, 0.29) is 0 Å². The molecule has 12 aromatic rings. The summed E-state index contributed by atoms with van der Waals surface area (Å²) in [5, 5.41) is 6.79. The summed E-state index contributed by atoms with van der Waals surface area (Å²) in [7, 11) is 0. The number of thiophene rings is 1. The average molecular weight is 748 g/mol. The van der Waals surface area contributed by atoms with Crippen molar-refractivity contribution in [2.24, 2.45) is 0 Å². The first-order valence-corrected chi connectivity index (χ1v) is 19.7. The monoisotopic (exact) mass is 747 g/mol. The van der Waals surface area contributed by atoms with Gasteiger partial charge in [0.2, 0.25) is 0 Å². The van der Waals surface area contributed by atoms with Crippen molar-refractivity contribution in [3.05, 3.63) is 176 Å². The quantitative estimate of drug-likeness (QED) is 0.175. The third-order valence-electron chi connectivity index (χ3n) is 10.9. The van der Waals surface area contributed by atoms with Crippen LogP contribution in [0, 0.1) is 0 Å². The summed E-state index contributed by atoms with van der Waals surface area (Å²) in [5.41, 5.74) is 10.4. The summed E-state index contributed by atoms with van der Waals surface area (Å²) >= 11 is 1.83. The number of para-hydroxylation sites is 1. The van der Waals surface area contributed by atoms with Crippen LogP contribution in [0.3, 0.4) is 0 Å². The Kier molecular flexibility index (Phi) is 7.03. The molecule has 6 heteroatoms. The lowest BCUT2D eigenvalue weighted by Gasteiger charge is -2.10. The SMILES string of the molecule is c1ccc(-c2ccc3oc4cc(-c5nc(-c6cccc(-c7ccc8sc9ccccc9c8c7)c6)nc(-c6ccc7c(c6)oc6ccccc67)n5)ccc4c3c2)cc1. The molecule has 12 rings (SSSR count). The van der Waals surface area contributed by atoms with E-state index in [1.54, 1.807) is 0 Å². The largest absolute Gasteiger partial charge is 0.456 e. The Morgan fingerprint density at radius 3 is 1.54 bits per heavy atom. The summed E-state index contributed by atoms with van der Waals surface area (Å²) in [6, 6.07) is 61.1. The van der Waals surface area contributed by atoms with Crippen LogP contribution in [0.25, 0.3) is 120 Å². The minimum atomic E-state index is 0.559. The van der Waals surface area contributed by atoms with Crippen LogP contribution < -0.4 is 0 Å². The van der Waals surface area contributed by atoms with E-state index >= 15 is 0 Å². The van der Waals surface area contributed by atoms with Crippen LogP contribution in [-0.4, -0.2) is 15.0 Å². The molecule has 0 bridgehead atoms. The molecule has 0 N–H and O–H groups in total. The minimum Gasteiger partial charge on any atom is -0.456 e. The Morgan fingerprint density at radius 1 is 0.281 bits per heavy atom. The van der Waals surface area contributed by atoms with Crippen molar-refractivity contribution < 1.29 is 8.83 Å². The van der Waals surface area contributed by atoms with Crippen LogP contribution in [0.2, 0.25) is 0 Å². The van der Waals surface area contributed by atoms with Gasteiger partial charge in [-0.25, -0.2) is 15.0 Å². The zero-order chi connectivity index (χ0) is 37.5. The molecule has 0 fully saturated rings. The van der Waals surface area contributed by atoms with Gasteiger partial charge in [0.25, 0.3) is 0 Å². The number of nitrogens with zero attached hydrogens (tertiary/aromatic N) is 3. The van der Waals surface area contributed by atoms with E-state index in [9.17, 15) is 0 Å². The van der Waals surface area contributed by atoms with Gasteiger partial charge in [-0.15, -0.1) is 11.3 Å². The number of hydrogen-bond donors (Lipinski definition) is 0. The first-order valence-electron chi connectivity index (χ1n) is 18.9. The lowest BCUT2D eigenvalue weighted by molar-refractivity contribution is 0.668. The molecule has 0 atom stereocenters. The molecule has 0 aliphatic heterocycles. The van der Waals surface area contributed by atoms with Crippen LogP contribution >= 0.6 is 11.3 Å². The Labute approximate surface area is 330 Å². The first-order chi connectivity index (χ1) is 28.2. The molecule has 0 saturated carbocycles. The zero-order valence-electron chi connectivity index (χ0n) is 30.3. The Balaban J connectivity index is 1.00. The van der Waals surface area contributed by atoms with Gasteiger partial charge in [-0.05, 0) is 89.0 Å². The number of fused-ring (bicyclic) bond motifs is 9. The molecule has 5 nitrogen and oxygen atoms in total. The maximum Gasteiger partial charge on any atom is 0.164 e. The smallest absolute Gasteiger partial charge is 0.164 e. The number of hydrogen-bond acceptors (Lipinski definition) is 6. The van der Waals surface area contributed by atoms with Gasteiger partial charge in [-0.2, -0.15) is 0 Å². The predicted molar refractivity (Wildman–Crippen MR) is 234 cm³/mol. The van der Waals surface area contributed by atoms with Crippen LogP contribution in [0.1, 0.15) is 0 Å². The van der Waals surface area contributed by atoms with Gasteiger partial charge < -0.3 is 8.83 Å². The molecule has 57 heavy (non-hydrogen) atoms. The lowest BCUT2D eigenvalue weighted by Crippen LogP contribution is -2.00. The van der Waals surface area contributed by atoms with Crippen molar-refractivity contribution in [2.45, 2.75) is 0 Å². The fourth-order valence-electron chi connectivity index (χ4n) is 8.10. The van der Waals surface area contributed by atoms with E-state index in [0.717, 1.165) is 77.3 Å². The van der Waals surface area contributed by atoms with Crippen molar-refractivity contribution in [2.75, 3.05) is 0 Å². The third kappa shape index (κ3) is 5.34. The molecule has 0 saturated heterocycles. The normalized spacial score (nSPS) is 11.9. The van der Waals surface area contributed by atoms with Gasteiger partial charge in [0.05, 0.1) is 0 Å². The maximum atomic E-state index is 6.45. The van der Waals surface area contributed by atoms with Crippen molar-refractivity contribution in [1.29, 1.82) is 0 Å². The minimum absolute atomic E-state index is 0.559. The Morgan fingerprint density at radius 2 is 0.772 bits per heavy atom. The first kappa shape index (κ1) is 31.9. The summed E-state index contributed by atoms with van der Waals surface area (Å²) in [4.78, 5) is 15.4. The molecular weight excluding hydrogens is 719 g/mol. The lowest BCUT2D eigenvalue weighted by atomic mass is 10.0. The van der Waals surface area contributed by atoms with Gasteiger partial charge in [0.1, 0.15) is 22.3 Å². The van der Waals surface area contributed by atoms with E-state index in [0.29, 0.717) is 17.5 Å². The topological polar surface area (TPSA) is 65.0 Å². The van der Waals surface area contributed by atoms with E-state index in [1.165, 1.54) is 25.7 Å². The number of benzene rings is 8. The summed E-state index contributed by atoms with van der Waals surface area (Å²) in [6.45, 7) is 0. The molecule has 0 aliphatic rings. The van der Waals surface area contributed by atoms with Crippen LogP contribution in [0.5, 0.6) is 0 Å². The summed E-state index contributed by atoms with van der Waals surface area (Å²) in [5.74, 6) is 1.70. The van der Waals surface area contributed by atoms with E-state index in [2.05, 4.69) is 140 Å². The van der Waals surface area contributed by atoms with Gasteiger partial charge in [0, 0.05) is 58.4 Å². The van der Waals surface area contributed by atoms with E-state index < -0.39 is 0 Å². The summed E-state index contributed by atoms with van der Waals surface area (Å²) in [6.07, 6.45) is 0. The Bertz CT molecular complexity index is 3540. The molecule has 266 valence electrons. The Hall–Kier alpha value is -7.41. The fraction of sp³-hybridized carbons (Fsp3) is 0. The van der Waals surface area contributed by atoms with Gasteiger partial charge in [-0.1, -0.05) is 109 Å². The maximum absolute atomic E-state index is 6.45. The average Bonchev–Trinajstić information content (AvgIpc) is 3.96. The number of aromatic nitrogens is 3. The van der Waals surface area contributed by atoms with Crippen molar-refractivity contribution in [3.63, 3.8) is 0 Å². The predicted octanol–water partition coefficient (Wildman–Crippen LogP) is 14.4. The van der Waals surface area contributed by atoms with Crippen LogP contribution in [0.15, 0.2) is 185 Å². The van der Waals surface area contributed by atoms with Crippen molar-refractivity contribution in [3.8, 4) is 56.4 Å². The highest BCUT2D eigenvalue weighted by atomic mass is 32.1. The zero-order valence-corrected chi connectivity index (χ0v) is 31.1. The molecule has 0 amide bonds. The van der Waals surface area contributed by atoms with E-state index in [4.69, 9.17) is 23.8 Å². The second-order valence-electron chi connectivity index (χ2n) is 14.4. The van der Waals surface area contributed by atoms with Crippen molar-refractivity contribution >= 4 is 75.4 Å². The third-order valence-corrected chi connectivity index (χ3v) is 12.1. The summed E-state index contributed by atoms with van der Waals surface area (Å²) < 4.78 is 15.3.